The van der Waals surface area contributed by atoms with Crippen LogP contribution in [-0.2, 0) is 7.05 Å². The molecule has 0 aliphatic rings. The summed E-state index contributed by atoms with van der Waals surface area (Å²) >= 11 is 6.05. The van der Waals surface area contributed by atoms with Gasteiger partial charge in [0, 0.05) is 7.05 Å². The third kappa shape index (κ3) is 1.16. The van der Waals surface area contributed by atoms with E-state index < -0.39 is 0 Å². The molecule has 0 unspecified atom stereocenters. The maximum atomic E-state index is 6.05. The molecule has 0 saturated carbocycles. The molecule has 2 rings (SSSR count). The standard InChI is InChI=1S/C9H9ClN2O/c1-12-9(10)8-6(11-12)4-3-5-7(8)13-2/h3-5H,1-2H3. The summed E-state index contributed by atoms with van der Waals surface area (Å²) in [5.41, 5.74) is 0.854. The Kier molecular flexibility index (Phi) is 1.88. The van der Waals surface area contributed by atoms with Gasteiger partial charge in [0.2, 0.25) is 0 Å². The highest BCUT2D eigenvalue weighted by Crippen LogP contribution is 2.30. The Morgan fingerprint density at radius 2 is 2.23 bits per heavy atom. The van der Waals surface area contributed by atoms with Crippen LogP contribution in [0.2, 0.25) is 5.15 Å². The molecule has 1 heterocycles. The zero-order chi connectivity index (χ0) is 9.42. The summed E-state index contributed by atoms with van der Waals surface area (Å²) in [4.78, 5) is 0. The number of halogens is 1. The number of benzene rings is 1. The van der Waals surface area contributed by atoms with Gasteiger partial charge < -0.3 is 4.74 Å². The lowest BCUT2D eigenvalue weighted by molar-refractivity contribution is 0.420. The molecule has 0 aliphatic carbocycles. The SMILES string of the molecule is COc1cccc2nn(C)c(Cl)c12. The van der Waals surface area contributed by atoms with E-state index in [1.807, 2.05) is 25.2 Å². The average molecular weight is 197 g/mol. The largest absolute Gasteiger partial charge is 0.496 e. The van der Waals surface area contributed by atoms with E-state index in [0.717, 1.165) is 16.7 Å². The van der Waals surface area contributed by atoms with Gasteiger partial charge in [-0.25, -0.2) is 0 Å². The summed E-state index contributed by atoms with van der Waals surface area (Å²) in [5, 5.41) is 5.70. The van der Waals surface area contributed by atoms with Gasteiger partial charge >= 0.3 is 0 Å². The minimum atomic E-state index is 0.604. The van der Waals surface area contributed by atoms with Gasteiger partial charge in [-0.05, 0) is 12.1 Å². The van der Waals surface area contributed by atoms with E-state index in [0.29, 0.717) is 5.15 Å². The number of aryl methyl sites for hydroxylation is 1. The minimum Gasteiger partial charge on any atom is -0.496 e. The fourth-order valence-corrected chi connectivity index (χ4v) is 1.58. The first kappa shape index (κ1) is 8.38. The van der Waals surface area contributed by atoms with Gasteiger partial charge in [-0.3, -0.25) is 4.68 Å². The fraction of sp³-hybridized carbons (Fsp3) is 0.222. The minimum absolute atomic E-state index is 0.604. The summed E-state index contributed by atoms with van der Waals surface area (Å²) in [5.74, 6) is 0.760. The van der Waals surface area contributed by atoms with Crippen molar-refractivity contribution in [1.29, 1.82) is 0 Å². The molecule has 0 saturated heterocycles. The Morgan fingerprint density at radius 3 is 2.92 bits per heavy atom. The second kappa shape index (κ2) is 2.92. The van der Waals surface area contributed by atoms with Crippen LogP contribution in [-0.4, -0.2) is 16.9 Å². The van der Waals surface area contributed by atoms with Crippen LogP contribution in [0.5, 0.6) is 5.75 Å². The molecule has 0 fully saturated rings. The zero-order valence-corrected chi connectivity index (χ0v) is 8.17. The zero-order valence-electron chi connectivity index (χ0n) is 7.41. The maximum Gasteiger partial charge on any atom is 0.138 e. The molecule has 3 nitrogen and oxygen atoms in total. The topological polar surface area (TPSA) is 27.1 Å². The highest BCUT2D eigenvalue weighted by Gasteiger charge is 2.10. The lowest BCUT2D eigenvalue weighted by Gasteiger charge is -1.99. The molecule has 0 bridgehead atoms. The highest BCUT2D eigenvalue weighted by atomic mass is 35.5. The number of nitrogens with zero attached hydrogens (tertiary/aromatic N) is 2. The number of hydrogen-bond donors (Lipinski definition) is 0. The van der Waals surface area contributed by atoms with Gasteiger partial charge in [-0.2, -0.15) is 5.10 Å². The normalized spacial score (nSPS) is 10.7. The number of methoxy groups -OCH3 is 1. The third-order valence-corrected chi connectivity index (χ3v) is 2.41. The Bertz CT molecular complexity index is 450. The molecule has 0 aliphatic heterocycles. The molecule has 0 atom stereocenters. The number of aromatic nitrogens is 2. The van der Waals surface area contributed by atoms with Gasteiger partial charge in [0.05, 0.1) is 18.0 Å². The first-order valence-corrected chi connectivity index (χ1v) is 4.27. The molecule has 0 spiro atoms. The summed E-state index contributed by atoms with van der Waals surface area (Å²) < 4.78 is 6.82. The smallest absolute Gasteiger partial charge is 0.138 e. The lowest BCUT2D eigenvalue weighted by atomic mass is 10.2. The molecule has 0 radical (unpaired) electrons. The molecule has 68 valence electrons. The van der Waals surface area contributed by atoms with Crippen LogP contribution in [0, 0.1) is 0 Å². The van der Waals surface area contributed by atoms with Crippen LogP contribution in [0.25, 0.3) is 10.9 Å². The predicted molar refractivity (Wildman–Crippen MR) is 52.3 cm³/mol. The molecular weight excluding hydrogens is 188 g/mol. The summed E-state index contributed by atoms with van der Waals surface area (Å²) in [6.07, 6.45) is 0. The van der Waals surface area contributed by atoms with Gasteiger partial charge in [0.1, 0.15) is 10.9 Å². The van der Waals surface area contributed by atoms with Crippen LogP contribution in [0.4, 0.5) is 0 Å². The Labute approximate surface area is 80.9 Å². The van der Waals surface area contributed by atoms with Gasteiger partial charge in [-0.15, -0.1) is 0 Å². The van der Waals surface area contributed by atoms with Crippen molar-refractivity contribution in [2.24, 2.45) is 7.05 Å². The Morgan fingerprint density at radius 1 is 1.46 bits per heavy atom. The molecule has 1 aromatic carbocycles. The van der Waals surface area contributed by atoms with Crippen molar-refractivity contribution in [3.8, 4) is 5.75 Å². The maximum absolute atomic E-state index is 6.05. The van der Waals surface area contributed by atoms with Crippen LogP contribution in [0.15, 0.2) is 18.2 Å². The van der Waals surface area contributed by atoms with Gasteiger partial charge in [-0.1, -0.05) is 17.7 Å². The summed E-state index contributed by atoms with van der Waals surface area (Å²) in [7, 11) is 3.43. The molecule has 0 amide bonds. The van der Waals surface area contributed by atoms with Gasteiger partial charge in [0.25, 0.3) is 0 Å². The van der Waals surface area contributed by atoms with Crippen molar-refractivity contribution in [3.05, 3.63) is 23.4 Å². The molecular formula is C9H9ClN2O. The van der Waals surface area contributed by atoms with E-state index >= 15 is 0 Å². The first-order chi connectivity index (χ1) is 6.24. The van der Waals surface area contributed by atoms with Crippen LogP contribution in [0.3, 0.4) is 0 Å². The monoisotopic (exact) mass is 196 g/mol. The Hall–Kier alpha value is -1.22. The number of hydrogen-bond acceptors (Lipinski definition) is 2. The van der Waals surface area contributed by atoms with Crippen molar-refractivity contribution >= 4 is 22.5 Å². The van der Waals surface area contributed by atoms with Crippen LogP contribution >= 0.6 is 11.6 Å². The van der Waals surface area contributed by atoms with Crippen molar-refractivity contribution in [1.82, 2.24) is 9.78 Å². The van der Waals surface area contributed by atoms with E-state index in [1.165, 1.54) is 0 Å². The van der Waals surface area contributed by atoms with Gasteiger partial charge in [0.15, 0.2) is 0 Å². The predicted octanol–water partition coefficient (Wildman–Crippen LogP) is 2.24. The second-order valence-corrected chi connectivity index (χ2v) is 3.13. The quantitative estimate of drug-likeness (QED) is 0.700. The van der Waals surface area contributed by atoms with E-state index in [4.69, 9.17) is 16.3 Å². The van der Waals surface area contributed by atoms with E-state index in [1.54, 1.807) is 11.8 Å². The van der Waals surface area contributed by atoms with Crippen molar-refractivity contribution in [2.75, 3.05) is 7.11 Å². The number of ether oxygens (including phenoxy) is 1. The molecule has 0 N–H and O–H groups in total. The van der Waals surface area contributed by atoms with Crippen LogP contribution in [0.1, 0.15) is 0 Å². The van der Waals surface area contributed by atoms with E-state index in [-0.39, 0.29) is 0 Å². The molecule has 4 heteroatoms. The van der Waals surface area contributed by atoms with Crippen molar-refractivity contribution in [3.63, 3.8) is 0 Å². The summed E-state index contributed by atoms with van der Waals surface area (Å²) in [6.45, 7) is 0. The van der Waals surface area contributed by atoms with E-state index in [9.17, 15) is 0 Å². The molecule has 2 aromatic rings. The third-order valence-electron chi connectivity index (χ3n) is 1.97. The molecule has 13 heavy (non-hydrogen) atoms. The van der Waals surface area contributed by atoms with Crippen molar-refractivity contribution < 1.29 is 4.74 Å². The second-order valence-electron chi connectivity index (χ2n) is 2.77. The van der Waals surface area contributed by atoms with Crippen molar-refractivity contribution in [2.45, 2.75) is 0 Å². The lowest BCUT2D eigenvalue weighted by Crippen LogP contribution is -1.88. The Balaban J connectivity index is 2.87. The fourth-order valence-electron chi connectivity index (χ4n) is 1.35. The number of rotatable bonds is 1. The highest BCUT2D eigenvalue weighted by molar-refractivity contribution is 6.35. The summed E-state index contributed by atoms with van der Waals surface area (Å²) in [6, 6.07) is 5.67. The molecule has 1 aromatic heterocycles. The van der Waals surface area contributed by atoms with E-state index in [2.05, 4.69) is 5.10 Å². The number of fused-ring (bicyclic) bond motifs is 1. The van der Waals surface area contributed by atoms with Crippen LogP contribution < -0.4 is 4.74 Å². The average Bonchev–Trinajstić information content (AvgIpc) is 2.43. The first-order valence-electron chi connectivity index (χ1n) is 3.89.